The maximum Gasteiger partial charge on any atom is 0.231 e. The highest BCUT2D eigenvalue weighted by molar-refractivity contribution is 5.46. The summed E-state index contributed by atoms with van der Waals surface area (Å²) in [6.07, 6.45) is 4.03. The van der Waals surface area contributed by atoms with Gasteiger partial charge in [0.25, 0.3) is 0 Å². The molecule has 0 saturated heterocycles. The van der Waals surface area contributed by atoms with Gasteiger partial charge in [0.05, 0.1) is 6.61 Å². The van der Waals surface area contributed by atoms with Crippen LogP contribution in [-0.4, -0.2) is 25.1 Å². The zero-order chi connectivity index (χ0) is 11.9. The lowest BCUT2D eigenvalue weighted by Gasteiger charge is -2.06. The smallest absolute Gasteiger partial charge is 0.231 e. The Balaban J connectivity index is 1.69. The standard InChI is InChI=1S/C13H18O4/c14-7-3-1-2-4-8-15-11-5-6-12-13(9-11)17-10-16-12/h5-6,9,14H,1-4,7-8,10H2. The Morgan fingerprint density at radius 3 is 2.76 bits per heavy atom. The SMILES string of the molecule is OCCCCCCOc1ccc2c(c1)OCO2. The highest BCUT2D eigenvalue weighted by Gasteiger charge is 2.13. The van der Waals surface area contributed by atoms with Crippen molar-refractivity contribution in [1.29, 1.82) is 0 Å². The van der Waals surface area contributed by atoms with Gasteiger partial charge >= 0.3 is 0 Å². The first-order chi connectivity index (χ1) is 8.40. The van der Waals surface area contributed by atoms with E-state index in [2.05, 4.69) is 0 Å². The molecule has 1 aromatic carbocycles. The Bertz CT molecular complexity index is 351. The average Bonchev–Trinajstić information content (AvgIpc) is 2.81. The van der Waals surface area contributed by atoms with E-state index in [9.17, 15) is 0 Å². The molecule has 0 fully saturated rings. The summed E-state index contributed by atoms with van der Waals surface area (Å²) < 4.78 is 16.1. The maximum absolute atomic E-state index is 8.63. The quantitative estimate of drug-likeness (QED) is 0.741. The van der Waals surface area contributed by atoms with Crippen LogP contribution >= 0.6 is 0 Å². The summed E-state index contributed by atoms with van der Waals surface area (Å²) in [5.74, 6) is 2.35. The second kappa shape index (κ2) is 6.35. The molecule has 2 rings (SSSR count). The van der Waals surface area contributed by atoms with Gasteiger partial charge in [-0.15, -0.1) is 0 Å². The van der Waals surface area contributed by atoms with Gasteiger partial charge < -0.3 is 19.3 Å². The number of ether oxygens (including phenoxy) is 3. The van der Waals surface area contributed by atoms with Gasteiger partial charge in [-0.3, -0.25) is 0 Å². The Kier molecular flexibility index (Phi) is 4.50. The van der Waals surface area contributed by atoms with Gasteiger partial charge in [-0.25, -0.2) is 0 Å². The Morgan fingerprint density at radius 2 is 1.88 bits per heavy atom. The van der Waals surface area contributed by atoms with E-state index in [4.69, 9.17) is 19.3 Å². The van der Waals surface area contributed by atoms with Gasteiger partial charge in [0.2, 0.25) is 6.79 Å². The first-order valence-corrected chi connectivity index (χ1v) is 6.03. The van der Waals surface area contributed by atoms with Crippen molar-refractivity contribution in [3.05, 3.63) is 18.2 Å². The van der Waals surface area contributed by atoms with Crippen molar-refractivity contribution in [2.45, 2.75) is 25.7 Å². The molecule has 17 heavy (non-hydrogen) atoms. The largest absolute Gasteiger partial charge is 0.493 e. The molecule has 4 heteroatoms. The highest BCUT2D eigenvalue weighted by Crippen LogP contribution is 2.35. The van der Waals surface area contributed by atoms with Crippen LogP contribution in [-0.2, 0) is 0 Å². The molecule has 0 aromatic heterocycles. The minimum absolute atomic E-state index is 0.281. The van der Waals surface area contributed by atoms with Crippen LogP contribution in [0, 0.1) is 0 Å². The fourth-order valence-electron chi connectivity index (χ4n) is 1.72. The average molecular weight is 238 g/mol. The number of aliphatic hydroxyl groups excluding tert-OH is 1. The minimum atomic E-state index is 0.281. The molecule has 0 atom stereocenters. The van der Waals surface area contributed by atoms with E-state index in [1.54, 1.807) is 0 Å². The van der Waals surface area contributed by atoms with Gasteiger partial charge in [-0.05, 0) is 31.4 Å². The van der Waals surface area contributed by atoms with Crippen LogP contribution in [0.1, 0.15) is 25.7 Å². The topological polar surface area (TPSA) is 47.9 Å². The summed E-state index contributed by atoms with van der Waals surface area (Å²) in [5, 5.41) is 8.63. The lowest BCUT2D eigenvalue weighted by atomic mass is 10.2. The van der Waals surface area contributed by atoms with E-state index >= 15 is 0 Å². The molecule has 0 radical (unpaired) electrons. The Hall–Kier alpha value is -1.42. The zero-order valence-electron chi connectivity index (χ0n) is 9.85. The normalized spacial score (nSPS) is 12.8. The third-order valence-electron chi connectivity index (χ3n) is 2.67. The highest BCUT2D eigenvalue weighted by atomic mass is 16.7. The summed E-state index contributed by atoms with van der Waals surface area (Å²) in [6.45, 7) is 1.27. The number of aliphatic hydroxyl groups is 1. The van der Waals surface area contributed by atoms with Crippen molar-refractivity contribution >= 4 is 0 Å². The molecule has 1 aliphatic rings. The van der Waals surface area contributed by atoms with E-state index in [1.165, 1.54) is 0 Å². The van der Waals surface area contributed by atoms with Crippen LogP contribution < -0.4 is 14.2 Å². The number of hydrogen-bond acceptors (Lipinski definition) is 4. The van der Waals surface area contributed by atoms with Crippen LogP contribution in [0.4, 0.5) is 0 Å². The number of hydrogen-bond donors (Lipinski definition) is 1. The second-order valence-electron chi connectivity index (χ2n) is 4.00. The fourth-order valence-corrected chi connectivity index (χ4v) is 1.72. The molecule has 0 amide bonds. The first kappa shape index (κ1) is 12.0. The van der Waals surface area contributed by atoms with Crippen LogP contribution in [0.5, 0.6) is 17.2 Å². The summed E-state index contributed by atoms with van der Waals surface area (Å²) in [5.41, 5.74) is 0. The maximum atomic E-state index is 8.63. The van der Waals surface area contributed by atoms with E-state index in [1.807, 2.05) is 18.2 Å². The first-order valence-electron chi connectivity index (χ1n) is 6.03. The monoisotopic (exact) mass is 238 g/mol. The lowest BCUT2D eigenvalue weighted by molar-refractivity contribution is 0.173. The summed E-state index contributed by atoms with van der Waals surface area (Å²) in [7, 11) is 0. The summed E-state index contributed by atoms with van der Waals surface area (Å²) >= 11 is 0. The molecule has 1 aliphatic heterocycles. The van der Waals surface area contributed by atoms with E-state index in [0.29, 0.717) is 13.4 Å². The lowest BCUT2D eigenvalue weighted by Crippen LogP contribution is -1.97. The van der Waals surface area contributed by atoms with Crippen LogP contribution in [0.25, 0.3) is 0 Å². The van der Waals surface area contributed by atoms with Crippen molar-refractivity contribution in [2.75, 3.05) is 20.0 Å². The molecule has 1 N–H and O–H groups in total. The minimum Gasteiger partial charge on any atom is -0.493 e. The van der Waals surface area contributed by atoms with Crippen molar-refractivity contribution in [2.24, 2.45) is 0 Å². The fraction of sp³-hybridized carbons (Fsp3) is 0.538. The molecule has 4 nitrogen and oxygen atoms in total. The zero-order valence-corrected chi connectivity index (χ0v) is 9.85. The predicted octanol–water partition coefficient (Wildman–Crippen LogP) is 2.35. The molecular formula is C13H18O4. The van der Waals surface area contributed by atoms with Crippen molar-refractivity contribution in [3.63, 3.8) is 0 Å². The van der Waals surface area contributed by atoms with Crippen molar-refractivity contribution in [1.82, 2.24) is 0 Å². The molecule has 0 spiro atoms. The molecule has 0 saturated carbocycles. The summed E-state index contributed by atoms with van der Waals surface area (Å²) in [4.78, 5) is 0. The van der Waals surface area contributed by atoms with Gasteiger partial charge in [-0.2, -0.15) is 0 Å². The van der Waals surface area contributed by atoms with Gasteiger partial charge in [0.15, 0.2) is 11.5 Å². The van der Waals surface area contributed by atoms with Gasteiger partial charge in [-0.1, -0.05) is 6.42 Å². The van der Waals surface area contributed by atoms with E-state index in [-0.39, 0.29) is 6.61 Å². The summed E-state index contributed by atoms with van der Waals surface area (Å²) in [6, 6.07) is 5.61. The molecule has 94 valence electrons. The van der Waals surface area contributed by atoms with Crippen molar-refractivity contribution < 1.29 is 19.3 Å². The van der Waals surface area contributed by atoms with E-state index in [0.717, 1.165) is 42.9 Å². The Labute approximate surface area is 101 Å². The van der Waals surface area contributed by atoms with Crippen LogP contribution in [0.2, 0.25) is 0 Å². The molecular weight excluding hydrogens is 220 g/mol. The van der Waals surface area contributed by atoms with E-state index < -0.39 is 0 Å². The third kappa shape index (κ3) is 3.53. The van der Waals surface area contributed by atoms with Crippen LogP contribution in [0.15, 0.2) is 18.2 Å². The molecule has 0 unspecified atom stereocenters. The van der Waals surface area contributed by atoms with Gasteiger partial charge in [0.1, 0.15) is 5.75 Å². The Morgan fingerprint density at radius 1 is 1.06 bits per heavy atom. The molecule has 1 heterocycles. The van der Waals surface area contributed by atoms with Gasteiger partial charge in [0, 0.05) is 12.7 Å². The van der Waals surface area contributed by atoms with Crippen molar-refractivity contribution in [3.8, 4) is 17.2 Å². The molecule has 0 bridgehead atoms. The number of fused-ring (bicyclic) bond motifs is 1. The second-order valence-corrected chi connectivity index (χ2v) is 4.00. The third-order valence-corrected chi connectivity index (χ3v) is 2.67. The number of unbranched alkanes of at least 4 members (excludes halogenated alkanes) is 3. The molecule has 1 aromatic rings. The molecule has 0 aliphatic carbocycles. The number of rotatable bonds is 7. The van der Waals surface area contributed by atoms with Crippen LogP contribution in [0.3, 0.4) is 0 Å². The number of benzene rings is 1. The predicted molar refractivity (Wildman–Crippen MR) is 63.6 cm³/mol.